The lowest BCUT2D eigenvalue weighted by molar-refractivity contribution is 0.571. The molecule has 0 saturated carbocycles. The number of nitrogens with two attached hydrogens (primary N) is 1. The highest BCUT2D eigenvalue weighted by Crippen LogP contribution is 2.25. The van der Waals surface area contributed by atoms with Crippen molar-refractivity contribution in [2.45, 2.75) is 18.7 Å². The summed E-state index contributed by atoms with van der Waals surface area (Å²) in [5.41, 5.74) is 7.59. The fourth-order valence-electron chi connectivity index (χ4n) is 1.90. The summed E-state index contributed by atoms with van der Waals surface area (Å²) in [6.45, 7) is 3.56. The number of sulfonamides is 1. The maximum atomic E-state index is 13.8. The summed E-state index contributed by atoms with van der Waals surface area (Å²) in [5, 5.41) is 0. The van der Waals surface area contributed by atoms with Crippen LogP contribution in [0.5, 0.6) is 0 Å². The van der Waals surface area contributed by atoms with E-state index in [1.165, 1.54) is 6.07 Å². The number of benzene rings is 2. The van der Waals surface area contributed by atoms with E-state index in [1.807, 2.05) is 6.07 Å². The lowest BCUT2D eigenvalue weighted by Gasteiger charge is -2.13. The number of rotatable bonds is 3. The second kappa shape index (κ2) is 5.13. The minimum absolute atomic E-state index is 0.175. The van der Waals surface area contributed by atoms with E-state index in [0.29, 0.717) is 5.69 Å². The van der Waals surface area contributed by atoms with Gasteiger partial charge in [0.15, 0.2) is 0 Å². The van der Waals surface area contributed by atoms with Gasteiger partial charge >= 0.3 is 0 Å². The van der Waals surface area contributed by atoms with Crippen LogP contribution in [0.25, 0.3) is 0 Å². The van der Waals surface area contributed by atoms with E-state index in [1.54, 1.807) is 26.0 Å². The zero-order chi connectivity index (χ0) is 14.9. The van der Waals surface area contributed by atoms with Crippen molar-refractivity contribution in [1.29, 1.82) is 0 Å². The molecule has 0 aliphatic rings. The lowest BCUT2D eigenvalue weighted by atomic mass is 10.1. The summed E-state index contributed by atoms with van der Waals surface area (Å²) >= 11 is 0. The van der Waals surface area contributed by atoms with E-state index in [2.05, 4.69) is 4.72 Å². The first-order valence-corrected chi connectivity index (χ1v) is 7.43. The van der Waals surface area contributed by atoms with Gasteiger partial charge in [-0.1, -0.05) is 18.2 Å². The third-order valence-electron chi connectivity index (χ3n) is 2.96. The molecule has 2 aromatic rings. The van der Waals surface area contributed by atoms with Crippen LogP contribution in [0, 0.1) is 19.7 Å². The van der Waals surface area contributed by atoms with Crippen LogP contribution < -0.4 is 10.5 Å². The fraction of sp³-hybridized carbons (Fsp3) is 0.143. The molecule has 0 radical (unpaired) electrons. The second-order valence-corrected chi connectivity index (χ2v) is 6.21. The van der Waals surface area contributed by atoms with Crippen molar-refractivity contribution < 1.29 is 12.8 Å². The van der Waals surface area contributed by atoms with Gasteiger partial charge in [-0.25, -0.2) is 12.8 Å². The highest BCUT2D eigenvalue weighted by Gasteiger charge is 2.20. The number of hydrogen-bond donors (Lipinski definition) is 2. The quantitative estimate of drug-likeness (QED) is 0.855. The number of nitrogen functional groups attached to an aromatic ring is 1. The van der Waals surface area contributed by atoms with Crippen molar-refractivity contribution in [3.63, 3.8) is 0 Å². The van der Waals surface area contributed by atoms with Crippen LogP contribution in [-0.4, -0.2) is 8.42 Å². The van der Waals surface area contributed by atoms with Crippen LogP contribution in [-0.2, 0) is 10.0 Å². The molecule has 4 nitrogen and oxygen atoms in total. The Morgan fingerprint density at radius 2 is 1.70 bits per heavy atom. The molecule has 20 heavy (non-hydrogen) atoms. The van der Waals surface area contributed by atoms with Crippen LogP contribution >= 0.6 is 0 Å². The van der Waals surface area contributed by atoms with Gasteiger partial charge in [0.2, 0.25) is 0 Å². The van der Waals surface area contributed by atoms with E-state index in [0.717, 1.165) is 23.3 Å². The SMILES string of the molecule is Cc1cccc(C)c1NS(=O)(=O)c1ccc(N)cc1F. The van der Waals surface area contributed by atoms with Crippen molar-refractivity contribution in [1.82, 2.24) is 0 Å². The Kier molecular flexibility index (Phi) is 3.67. The molecule has 0 amide bonds. The van der Waals surface area contributed by atoms with E-state index in [4.69, 9.17) is 5.73 Å². The van der Waals surface area contributed by atoms with Gasteiger partial charge in [-0.2, -0.15) is 0 Å². The third-order valence-corrected chi connectivity index (χ3v) is 4.35. The molecule has 6 heteroatoms. The molecule has 0 spiro atoms. The normalized spacial score (nSPS) is 11.3. The number of hydrogen-bond acceptors (Lipinski definition) is 3. The Morgan fingerprint density at radius 3 is 2.25 bits per heavy atom. The maximum absolute atomic E-state index is 13.8. The molecule has 2 aromatic carbocycles. The highest BCUT2D eigenvalue weighted by molar-refractivity contribution is 7.92. The van der Waals surface area contributed by atoms with Crippen molar-refractivity contribution in [3.05, 3.63) is 53.3 Å². The average Bonchev–Trinajstić information content (AvgIpc) is 2.33. The Hall–Kier alpha value is -2.08. The van der Waals surface area contributed by atoms with Crippen LogP contribution in [0.15, 0.2) is 41.3 Å². The minimum Gasteiger partial charge on any atom is -0.399 e. The van der Waals surface area contributed by atoms with Gasteiger partial charge in [0.1, 0.15) is 10.7 Å². The Morgan fingerprint density at radius 1 is 1.10 bits per heavy atom. The topological polar surface area (TPSA) is 72.2 Å². The molecular weight excluding hydrogens is 279 g/mol. The van der Waals surface area contributed by atoms with E-state index in [9.17, 15) is 12.8 Å². The van der Waals surface area contributed by atoms with Gasteiger partial charge in [0.05, 0.1) is 5.69 Å². The Balaban J connectivity index is 2.46. The minimum atomic E-state index is -3.99. The van der Waals surface area contributed by atoms with Crippen molar-refractivity contribution in [2.75, 3.05) is 10.5 Å². The highest BCUT2D eigenvalue weighted by atomic mass is 32.2. The summed E-state index contributed by atoms with van der Waals surface area (Å²) in [6.07, 6.45) is 0. The molecule has 0 unspecified atom stereocenters. The zero-order valence-corrected chi connectivity index (χ0v) is 12.0. The van der Waals surface area contributed by atoms with Crippen LogP contribution in [0.1, 0.15) is 11.1 Å². The first-order chi connectivity index (χ1) is 9.31. The van der Waals surface area contributed by atoms with Gasteiger partial charge in [0, 0.05) is 5.69 Å². The summed E-state index contributed by atoms with van der Waals surface area (Å²) in [6, 6.07) is 8.88. The monoisotopic (exact) mass is 294 g/mol. The molecule has 0 atom stereocenters. The molecule has 0 aromatic heterocycles. The maximum Gasteiger partial charge on any atom is 0.264 e. The van der Waals surface area contributed by atoms with Gasteiger partial charge in [-0.3, -0.25) is 4.72 Å². The van der Waals surface area contributed by atoms with E-state index >= 15 is 0 Å². The molecule has 0 bridgehead atoms. The number of nitrogens with one attached hydrogen (secondary N) is 1. The average molecular weight is 294 g/mol. The Labute approximate surface area is 117 Å². The van der Waals surface area contributed by atoms with Crippen molar-refractivity contribution >= 4 is 21.4 Å². The lowest BCUT2D eigenvalue weighted by Crippen LogP contribution is -2.16. The number of para-hydroxylation sites is 1. The molecule has 0 aliphatic heterocycles. The molecule has 3 N–H and O–H groups in total. The summed E-state index contributed by atoms with van der Waals surface area (Å²) in [4.78, 5) is -0.422. The molecule has 106 valence electrons. The standard InChI is InChI=1S/C14H15FN2O2S/c1-9-4-3-5-10(2)14(9)17-20(18,19)13-7-6-11(16)8-12(13)15/h3-8,17H,16H2,1-2H3. The number of aryl methyl sites for hydroxylation is 2. The summed E-state index contributed by atoms with van der Waals surface area (Å²) in [5.74, 6) is -0.872. The van der Waals surface area contributed by atoms with E-state index in [-0.39, 0.29) is 5.69 Å². The fourth-order valence-corrected chi connectivity index (χ4v) is 3.16. The molecule has 0 heterocycles. The zero-order valence-electron chi connectivity index (χ0n) is 11.1. The van der Waals surface area contributed by atoms with Gasteiger partial charge in [0.25, 0.3) is 10.0 Å². The van der Waals surface area contributed by atoms with Crippen molar-refractivity contribution in [2.24, 2.45) is 0 Å². The molecule has 0 saturated heterocycles. The van der Waals surface area contributed by atoms with Gasteiger partial charge < -0.3 is 5.73 Å². The predicted molar refractivity (Wildman–Crippen MR) is 77.5 cm³/mol. The summed E-state index contributed by atoms with van der Waals surface area (Å²) in [7, 11) is -3.99. The van der Waals surface area contributed by atoms with Crippen LogP contribution in [0.3, 0.4) is 0 Å². The second-order valence-electron chi connectivity index (χ2n) is 4.56. The molecule has 0 aliphatic carbocycles. The molecule has 2 rings (SSSR count). The van der Waals surface area contributed by atoms with Crippen molar-refractivity contribution in [3.8, 4) is 0 Å². The van der Waals surface area contributed by atoms with E-state index < -0.39 is 20.7 Å². The predicted octanol–water partition coefficient (Wildman–Crippen LogP) is 2.83. The van der Waals surface area contributed by atoms with Crippen LogP contribution in [0.2, 0.25) is 0 Å². The first kappa shape index (κ1) is 14.3. The number of anilines is 2. The number of halogens is 1. The van der Waals surface area contributed by atoms with Crippen LogP contribution in [0.4, 0.5) is 15.8 Å². The Bertz CT molecular complexity index is 738. The third kappa shape index (κ3) is 2.75. The molecule has 0 fully saturated rings. The van der Waals surface area contributed by atoms with Gasteiger partial charge in [-0.05, 0) is 43.2 Å². The first-order valence-electron chi connectivity index (χ1n) is 5.95. The molecular formula is C14H15FN2O2S. The smallest absolute Gasteiger partial charge is 0.264 e. The largest absolute Gasteiger partial charge is 0.399 e. The van der Waals surface area contributed by atoms with Gasteiger partial charge in [-0.15, -0.1) is 0 Å². The summed E-state index contributed by atoms with van der Waals surface area (Å²) < 4.78 is 40.7.